The molecule has 1 atom stereocenters. The van der Waals surface area contributed by atoms with Crippen LogP contribution < -0.4 is 4.74 Å². The predicted molar refractivity (Wildman–Crippen MR) is 108 cm³/mol. The zero-order valence-corrected chi connectivity index (χ0v) is 16.0. The molecule has 0 spiro atoms. The van der Waals surface area contributed by atoms with Gasteiger partial charge < -0.3 is 9.84 Å². The quantitative estimate of drug-likeness (QED) is 0.504. The third-order valence-electron chi connectivity index (χ3n) is 4.95. The molecule has 4 aromatic rings. The van der Waals surface area contributed by atoms with Crippen LogP contribution in [-0.4, -0.2) is 27.7 Å². The van der Waals surface area contributed by atoms with Gasteiger partial charge in [-0.1, -0.05) is 24.3 Å². The number of nitriles is 1. The van der Waals surface area contributed by atoms with Crippen molar-refractivity contribution in [3.63, 3.8) is 0 Å². The second-order valence-electron chi connectivity index (χ2n) is 6.95. The van der Waals surface area contributed by atoms with Gasteiger partial charge in [0.1, 0.15) is 12.4 Å². The molecule has 1 heterocycles. The molecule has 0 bridgehead atoms. The van der Waals surface area contributed by atoms with Gasteiger partial charge in [-0.2, -0.15) is 23.5 Å². The molecule has 1 N–H and O–H groups in total. The summed E-state index contributed by atoms with van der Waals surface area (Å²) in [6, 6.07) is 20.7. The van der Waals surface area contributed by atoms with E-state index in [2.05, 4.69) is 5.10 Å². The number of alkyl halides is 3. The Balaban J connectivity index is 1.68. The first-order valence-corrected chi connectivity index (χ1v) is 9.27. The highest BCUT2D eigenvalue weighted by Gasteiger charge is 2.56. The molecule has 0 saturated carbocycles. The molecule has 0 saturated heterocycles. The van der Waals surface area contributed by atoms with E-state index in [0.717, 1.165) is 5.69 Å². The summed E-state index contributed by atoms with van der Waals surface area (Å²) in [4.78, 5) is 0. The van der Waals surface area contributed by atoms with E-state index in [4.69, 9.17) is 10.00 Å². The molecule has 156 valence electrons. The highest BCUT2D eigenvalue weighted by atomic mass is 19.4. The Labute approximate surface area is 175 Å². The number of hydrogen-bond donors (Lipinski definition) is 1. The molecule has 5 nitrogen and oxygen atoms in total. The van der Waals surface area contributed by atoms with Crippen molar-refractivity contribution in [1.29, 1.82) is 5.26 Å². The van der Waals surface area contributed by atoms with E-state index in [9.17, 15) is 18.3 Å². The van der Waals surface area contributed by atoms with Gasteiger partial charge in [-0.05, 0) is 54.1 Å². The number of aromatic nitrogens is 2. The Hall–Kier alpha value is -3.83. The van der Waals surface area contributed by atoms with Gasteiger partial charge in [-0.3, -0.25) is 0 Å². The first-order valence-electron chi connectivity index (χ1n) is 9.27. The van der Waals surface area contributed by atoms with E-state index < -0.39 is 18.4 Å². The van der Waals surface area contributed by atoms with Crippen molar-refractivity contribution in [1.82, 2.24) is 9.78 Å². The first kappa shape index (κ1) is 20.4. The average molecular weight is 423 g/mol. The van der Waals surface area contributed by atoms with Crippen LogP contribution >= 0.6 is 0 Å². The summed E-state index contributed by atoms with van der Waals surface area (Å²) in [5.41, 5.74) is -1.87. The summed E-state index contributed by atoms with van der Waals surface area (Å²) in [5.74, 6) is 0.111. The minimum Gasteiger partial charge on any atom is -0.490 e. The summed E-state index contributed by atoms with van der Waals surface area (Å²) in [5, 5.41) is 24.2. The Bertz CT molecular complexity index is 1250. The Morgan fingerprint density at radius 1 is 1.00 bits per heavy atom. The number of fused-ring (bicyclic) bond motifs is 1. The molecule has 0 aliphatic heterocycles. The molecule has 0 aliphatic carbocycles. The number of benzene rings is 3. The first-order chi connectivity index (χ1) is 14.8. The zero-order chi connectivity index (χ0) is 22.1. The summed E-state index contributed by atoms with van der Waals surface area (Å²) < 4.78 is 48.5. The van der Waals surface area contributed by atoms with Crippen LogP contribution in [0.25, 0.3) is 16.6 Å². The van der Waals surface area contributed by atoms with Crippen molar-refractivity contribution in [3.05, 3.63) is 90.1 Å². The number of ether oxygens (including phenoxy) is 1. The van der Waals surface area contributed by atoms with Crippen LogP contribution in [-0.2, 0) is 5.60 Å². The average Bonchev–Trinajstić information content (AvgIpc) is 3.21. The van der Waals surface area contributed by atoms with E-state index in [1.807, 2.05) is 36.4 Å². The molecule has 0 radical (unpaired) electrons. The molecular weight excluding hydrogens is 407 g/mol. The largest absolute Gasteiger partial charge is 0.490 e. The zero-order valence-electron chi connectivity index (χ0n) is 16.0. The van der Waals surface area contributed by atoms with Crippen LogP contribution in [0.3, 0.4) is 0 Å². The third-order valence-corrected chi connectivity index (χ3v) is 4.95. The molecule has 31 heavy (non-hydrogen) atoms. The lowest BCUT2D eigenvalue weighted by Crippen LogP contribution is -2.47. The normalized spacial score (nSPS) is 13.5. The van der Waals surface area contributed by atoms with Gasteiger partial charge in [0.2, 0.25) is 5.60 Å². The molecule has 8 heteroatoms. The van der Waals surface area contributed by atoms with E-state index in [1.54, 1.807) is 4.68 Å². The fraction of sp³-hybridized carbons (Fsp3) is 0.130. The topological polar surface area (TPSA) is 71.1 Å². The molecular formula is C23H16F3N3O2. The third kappa shape index (κ3) is 3.83. The molecule has 4 rings (SSSR count). The van der Waals surface area contributed by atoms with Crippen LogP contribution in [0.1, 0.15) is 11.1 Å². The maximum atomic E-state index is 13.9. The minimum absolute atomic E-state index is 0.111. The molecule has 1 aromatic heterocycles. The van der Waals surface area contributed by atoms with E-state index in [-0.39, 0.29) is 11.3 Å². The summed E-state index contributed by atoms with van der Waals surface area (Å²) in [7, 11) is 0. The van der Waals surface area contributed by atoms with Crippen molar-refractivity contribution >= 4 is 10.9 Å². The SMILES string of the molecule is N#Cc1ccc(OCC(O)(c2ccc3c(cnn3-c3ccccc3)c2)C(F)(F)F)cc1. The van der Waals surface area contributed by atoms with Gasteiger partial charge in [0.05, 0.1) is 29.0 Å². The van der Waals surface area contributed by atoms with Gasteiger partial charge in [-0.15, -0.1) is 0 Å². The molecule has 0 aliphatic rings. The predicted octanol–water partition coefficient (Wildman–Crippen LogP) is 4.73. The van der Waals surface area contributed by atoms with Crippen LogP contribution in [0, 0.1) is 11.3 Å². The molecule has 1 unspecified atom stereocenters. The van der Waals surface area contributed by atoms with Crippen molar-refractivity contribution in [2.24, 2.45) is 0 Å². The lowest BCUT2D eigenvalue weighted by Gasteiger charge is -2.30. The monoisotopic (exact) mass is 423 g/mol. The smallest absolute Gasteiger partial charge is 0.424 e. The fourth-order valence-electron chi connectivity index (χ4n) is 3.21. The maximum Gasteiger partial charge on any atom is 0.424 e. The van der Waals surface area contributed by atoms with Gasteiger partial charge in [-0.25, -0.2) is 4.68 Å². The second kappa shape index (κ2) is 7.78. The fourth-order valence-corrected chi connectivity index (χ4v) is 3.21. The van der Waals surface area contributed by atoms with Crippen molar-refractivity contribution in [2.75, 3.05) is 6.61 Å². The maximum absolute atomic E-state index is 13.9. The highest BCUT2D eigenvalue weighted by Crippen LogP contribution is 2.40. The van der Waals surface area contributed by atoms with Crippen LogP contribution in [0.2, 0.25) is 0 Å². The highest BCUT2D eigenvalue weighted by molar-refractivity contribution is 5.81. The summed E-state index contributed by atoms with van der Waals surface area (Å²) >= 11 is 0. The van der Waals surface area contributed by atoms with Crippen molar-refractivity contribution in [2.45, 2.75) is 11.8 Å². The van der Waals surface area contributed by atoms with Crippen LogP contribution in [0.4, 0.5) is 13.2 Å². The second-order valence-corrected chi connectivity index (χ2v) is 6.95. The Morgan fingerprint density at radius 2 is 1.71 bits per heavy atom. The van der Waals surface area contributed by atoms with E-state index >= 15 is 0 Å². The van der Waals surface area contributed by atoms with Crippen molar-refractivity contribution < 1.29 is 23.0 Å². The number of para-hydroxylation sites is 1. The Kier molecular flexibility index (Phi) is 5.13. The number of aliphatic hydroxyl groups is 1. The summed E-state index contributed by atoms with van der Waals surface area (Å²) in [6.07, 6.45) is -3.53. The van der Waals surface area contributed by atoms with E-state index in [0.29, 0.717) is 16.5 Å². The van der Waals surface area contributed by atoms with Crippen LogP contribution in [0.5, 0.6) is 5.75 Å². The van der Waals surface area contributed by atoms with Gasteiger partial charge in [0.25, 0.3) is 0 Å². The molecule has 0 fully saturated rings. The lowest BCUT2D eigenvalue weighted by molar-refractivity contribution is -0.275. The van der Waals surface area contributed by atoms with Gasteiger partial charge in [0, 0.05) is 5.39 Å². The summed E-state index contributed by atoms with van der Waals surface area (Å²) in [6.45, 7) is -1.04. The van der Waals surface area contributed by atoms with Crippen LogP contribution in [0.15, 0.2) is 79.0 Å². The standard InChI is InChI=1S/C23H16F3N3O2/c24-23(25,26)22(30,15-31-20-9-6-16(13-27)7-10-20)18-8-11-21-17(12-18)14-28-29(21)19-4-2-1-3-5-19/h1-12,14,30H,15H2. The minimum atomic E-state index is -4.98. The number of hydrogen-bond acceptors (Lipinski definition) is 4. The number of nitrogens with zero attached hydrogens (tertiary/aromatic N) is 3. The number of halogens is 3. The van der Waals surface area contributed by atoms with Gasteiger partial charge >= 0.3 is 6.18 Å². The van der Waals surface area contributed by atoms with Gasteiger partial charge in [0.15, 0.2) is 0 Å². The number of rotatable bonds is 5. The molecule has 3 aromatic carbocycles. The Morgan fingerprint density at radius 3 is 2.35 bits per heavy atom. The lowest BCUT2D eigenvalue weighted by atomic mass is 9.93. The molecule has 0 amide bonds. The van der Waals surface area contributed by atoms with Crippen molar-refractivity contribution in [3.8, 4) is 17.5 Å². The van der Waals surface area contributed by atoms with E-state index in [1.165, 1.54) is 48.7 Å².